The molecule has 0 aromatic heterocycles. The molecular weight excluding hydrogens is 403 g/mol. The number of hydrogen-bond donors (Lipinski definition) is 0. The van der Waals surface area contributed by atoms with Gasteiger partial charge in [0.2, 0.25) is 0 Å². The van der Waals surface area contributed by atoms with Gasteiger partial charge in [0, 0.05) is 49.7 Å². The zero-order valence-corrected chi connectivity index (χ0v) is 16.1. The third-order valence-electron chi connectivity index (χ3n) is 4.58. The van der Waals surface area contributed by atoms with E-state index in [2.05, 4.69) is 0 Å². The monoisotopic (exact) mass is 423 g/mol. The molecule has 2 saturated heterocycles. The topological polar surface area (TPSA) is 60.9 Å². The Morgan fingerprint density at radius 1 is 0.889 bits per heavy atom. The van der Waals surface area contributed by atoms with Crippen molar-refractivity contribution in [3.05, 3.63) is 29.8 Å². The van der Waals surface area contributed by atoms with Crippen molar-refractivity contribution in [2.75, 3.05) is 39.3 Å². The lowest BCUT2D eigenvalue weighted by Crippen LogP contribution is -2.53. The molecule has 1 aromatic rings. The van der Waals surface area contributed by atoms with Gasteiger partial charge in [0.25, 0.3) is 16.1 Å². The third kappa shape index (κ3) is 4.95. The van der Waals surface area contributed by atoms with Crippen LogP contribution in [0.5, 0.6) is 0 Å². The zero-order chi connectivity index (χ0) is 19.7. The number of alkyl halides is 3. The van der Waals surface area contributed by atoms with Crippen molar-refractivity contribution in [1.29, 1.82) is 0 Å². The highest BCUT2D eigenvalue weighted by Crippen LogP contribution is 2.36. The van der Waals surface area contributed by atoms with E-state index in [1.54, 1.807) is 0 Å². The Bertz CT molecular complexity index is 770. The number of benzene rings is 1. The molecule has 0 aliphatic carbocycles. The van der Waals surface area contributed by atoms with Gasteiger partial charge in [-0.25, -0.2) is 0 Å². The van der Waals surface area contributed by atoms with Gasteiger partial charge in [-0.15, -0.1) is 0 Å². The summed E-state index contributed by atoms with van der Waals surface area (Å²) in [6.07, 6.45) is 1.72. The first-order chi connectivity index (χ1) is 12.7. The minimum Gasteiger partial charge on any atom is -0.336 e. The molecule has 11 heteroatoms. The average molecular weight is 423 g/mol. The Morgan fingerprint density at radius 2 is 1.41 bits per heavy atom. The highest BCUT2D eigenvalue weighted by atomic mass is 32.2. The summed E-state index contributed by atoms with van der Waals surface area (Å²) < 4.78 is 65.0. The predicted molar refractivity (Wildman–Crippen MR) is 95.6 cm³/mol. The quantitative estimate of drug-likeness (QED) is 0.698. The van der Waals surface area contributed by atoms with Crippen LogP contribution in [-0.4, -0.2) is 72.6 Å². The van der Waals surface area contributed by atoms with Crippen LogP contribution in [0.25, 0.3) is 0 Å². The van der Waals surface area contributed by atoms with Gasteiger partial charge >= 0.3 is 5.51 Å². The van der Waals surface area contributed by atoms with Crippen LogP contribution in [0.2, 0.25) is 0 Å². The summed E-state index contributed by atoms with van der Waals surface area (Å²) in [5.74, 6) is -0.309. The van der Waals surface area contributed by atoms with E-state index in [4.69, 9.17) is 0 Å². The summed E-state index contributed by atoms with van der Waals surface area (Å²) >= 11 is -0.231. The molecule has 0 unspecified atom stereocenters. The standard InChI is InChI=1S/C16H20F3N3O3S2/c17-16(18,19)26-14-5-3-13(4-6-14)15(23)20-9-11-22(12-10-20)27(24,25)21-7-1-2-8-21/h3-6H,1-2,7-12H2. The lowest BCUT2D eigenvalue weighted by molar-refractivity contribution is -0.0328. The number of carbonyl (C=O) groups excluding carboxylic acids is 1. The Balaban J connectivity index is 1.58. The van der Waals surface area contributed by atoms with Crippen LogP contribution in [0.15, 0.2) is 29.2 Å². The van der Waals surface area contributed by atoms with E-state index in [1.165, 1.54) is 37.8 Å². The molecule has 0 bridgehead atoms. The smallest absolute Gasteiger partial charge is 0.336 e. The normalized spacial score (nSPS) is 20.2. The minimum atomic E-state index is -4.37. The van der Waals surface area contributed by atoms with E-state index >= 15 is 0 Å². The number of nitrogens with zero attached hydrogens (tertiary/aromatic N) is 3. The van der Waals surface area contributed by atoms with Gasteiger partial charge in [0.1, 0.15) is 0 Å². The fourth-order valence-electron chi connectivity index (χ4n) is 3.19. The summed E-state index contributed by atoms with van der Waals surface area (Å²) in [5.41, 5.74) is -4.08. The van der Waals surface area contributed by atoms with E-state index in [-0.39, 0.29) is 54.3 Å². The van der Waals surface area contributed by atoms with Crippen LogP contribution in [-0.2, 0) is 10.2 Å². The van der Waals surface area contributed by atoms with Crippen molar-refractivity contribution < 1.29 is 26.4 Å². The fraction of sp³-hybridized carbons (Fsp3) is 0.562. The molecule has 3 rings (SSSR count). The first kappa shape index (κ1) is 20.4. The zero-order valence-electron chi connectivity index (χ0n) is 14.5. The van der Waals surface area contributed by atoms with Gasteiger partial charge in [-0.1, -0.05) is 0 Å². The highest BCUT2D eigenvalue weighted by molar-refractivity contribution is 8.00. The van der Waals surface area contributed by atoms with Gasteiger partial charge in [-0.3, -0.25) is 4.79 Å². The molecular formula is C16H20F3N3O3S2. The minimum absolute atomic E-state index is 0.0144. The van der Waals surface area contributed by atoms with Crippen molar-refractivity contribution >= 4 is 27.9 Å². The Labute approximate surface area is 160 Å². The maximum atomic E-state index is 12.5. The van der Waals surface area contributed by atoms with Crippen LogP contribution in [0, 0.1) is 0 Å². The molecule has 2 heterocycles. The van der Waals surface area contributed by atoms with E-state index < -0.39 is 15.7 Å². The number of amides is 1. The van der Waals surface area contributed by atoms with Crippen LogP contribution in [0.4, 0.5) is 13.2 Å². The Morgan fingerprint density at radius 3 is 1.93 bits per heavy atom. The molecule has 1 amide bonds. The summed E-state index contributed by atoms with van der Waals surface area (Å²) in [5, 5.41) is 0. The maximum absolute atomic E-state index is 12.5. The molecule has 0 spiro atoms. The van der Waals surface area contributed by atoms with E-state index in [9.17, 15) is 26.4 Å². The molecule has 0 saturated carbocycles. The van der Waals surface area contributed by atoms with Crippen LogP contribution in [0.1, 0.15) is 23.2 Å². The number of piperazine rings is 1. The maximum Gasteiger partial charge on any atom is 0.446 e. The number of hydrogen-bond acceptors (Lipinski definition) is 4. The largest absolute Gasteiger partial charge is 0.446 e. The summed E-state index contributed by atoms with van der Waals surface area (Å²) in [4.78, 5) is 14.1. The number of halogens is 3. The van der Waals surface area contributed by atoms with Crippen molar-refractivity contribution in [3.63, 3.8) is 0 Å². The van der Waals surface area contributed by atoms with Crippen LogP contribution < -0.4 is 0 Å². The van der Waals surface area contributed by atoms with E-state index in [0.717, 1.165) is 12.8 Å². The SMILES string of the molecule is O=C(c1ccc(SC(F)(F)F)cc1)N1CCN(S(=O)(=O)N2CCCC2)CC1. The summed E-state index contributed by atoms with van der Waals surface area (Å²) in [6.45, 7) is 2.00. The van der Waals surface area contributed by atoms with Crippen LogP contribution in [0.3, 0.4) is 0 Å². The van der Waals surface area contributed by atoms with Crippen molar-refractivity contribution in [1.82, 2.24) is 13.5 Å². The molecule has 1 aromatic carbocycles. The molecule has 2 aliphatic heterocycles. The van der Waals surface area contributed by atoms with Gasteiger partial charge in [0.05, 0.1) is 0 Å². The first-order valence-electron chi connectivity index (χ1n) is 8.57. The van der Waals surface area contributed by atoms with E-state index in [0.29, 0.717) is 13.1 Å². The molecule has 2 fully saturated rings. The summed E-state index contributed by atoms with van der Waals surface area (Å²) in [6, 6.07) is 5.26. The molecule has 27 heavy (non-hydrogen) atoms. The molecule has 6 nitrogen and oxygen atoms in total. The first-order valence-corrected chi connectivity index (χ1v) is 10.8. The summed E-state index contributed by atoms with van der Waals surface area (Å²) in [7, 11) is -3.48. The van der Waals surface area contributed by atoms with Gasteiger partial charge in [-0.2, -0.15) is 30.2 Å². The fourth-order valence-corrected chi connectivity index (χ4v) is 5.40. The second kappa shape index (κ2) is 7.98. The number of rotatable bonds is 4. The lowest BCUT2D eigenvalue weighted by atomic mass is 10.2. The van der Waals surface area contributed by atoms with Gasteiger partial charge in [-0.05, 0) is 48.9 Å². The molecule has 150 valence electrons. The van der Waals surface area contributed by atoms with Gasteiger partial charge < -0.3 is 4.90 Å². The van der Waals surface area contributed by atoms with Crippen molar-refractivity contribution in [3.8, 4) is 0 Å². The predicted octanol–water partition coefficient (Wildman–Crippen LogP) is 2.40. The lowest BCUT2D eigenvalue weighted by Gasteiger charge is -2.35. The van der Waals surface area contributed by atoms with E-state index in [1.807, 2.05) is 0 Å². The second-order valence-electron chi connectivity index (χ2n) is 6.38. The van der Waals surface area contributed by atoms with Crippen molar-refractivity contribution in [2.24, 2.45) is 0 Å². The Kier molecular flexibility index (Phi) is 6.04. The molecule has 0 N–H and O–H groups in total. The highest BCUT2D eigenvalue weighted by Gasteiger charge is 2.35. The number of carbonyl (C=O) groups is 1. The third-order valence-corrected chi connectivity index (χ3v) is 7.35. The second-order valence-corrected chi connectivity index (χ2v) is 9.44. The molecule has 0 radical (unpaired) electrons. The van der Waals surface area contributed by atoms with Gasteiger partial charge in [0.15, 0.2) is 0 Å². The molecule has 0 atom stereocenters. The number of thioether (sulfide) groups is 1. The Hall–Kier alpha value is -1.30. The van der Waals surface area contributed by atoms with Crippen molar-refractivity contribution in [2.45, 2.75) is 23.2 Å². The molecule has 2 aliphatic rings. The van der Waals surface area contributed by atoms with Crippen LogP contribution >= 0.6 is 11.8 Å². The average Bonchev–Trinajstić information content (AvgIpc) is 3.16.